The number of hydrogen-bond donors (Lipinski definition) is 1. The van der Waals surface area contributed by atoms with Gasteiger partial charge in [-0.25, -0.2) is 0 Å². The Morgan fingerprint density at radius 1 is 1.04 bits per heavy atom. The van der Waals surface area contributed by atoms with Crippen LogP contribution in [0.1, 0.15) is 16.7 Å². The average Bonchev–Trinajstić information content (AvgIpc) is 2.59. The van der Waals surface area contributed by atoms with E-state index in [-0.39, 0.29) is 16.7 Å². The van der Waals surface area contributed by atoms with Gasteiger partial charge in [0.25, 0.3) is 10.1 Å². The lowest BCUT2D eigenvalue weighted by Gasteiger charge is -2.36. The molecule has 1 N–H and O–H groups in total. The first-order valence-corrected chi connectivity index (χ1v) is 10.3. The number of hydrogen-bond acceptors (Lipinski definition) is 5. The zero-order valence-corrected chi connectivity index (χ0v) is 17.5. The van der Waals surface area contributed by atoms with E-state index in [0.29, 0.717) is 5.56 Å². The summed E-state index contributed by atoms with van der Waals surface area (Å²) in [5.74, 6) is 0. The third kappa shape index (κ3) is 4.83. The molecule has 0 aliphatic heterocycles. The molecule has 0 heterocycles. The molecule has 2 atom stereocenters. The zero-order valence-electron chi connectivity index (χ0n) is 14.4. The lowest BCUT2D eigenvalue weighted by atomic mass is 9.87. The molecule has 2 aromatic carbocycles. The van der Waals surface area contributed by atoms with Gasteiger partial charge in [-0.15, -0.1) is 0 Å². The second kappa shape index (κ2) is 8.07. The van der Waals surface area contributed by atoms with Gasteiger partial charge in [-0.2, -0.15) is 8.42 Å². The summed E-state index contributed by atoms with van der Waals surface area (Å²) in [4.78, 5) is 11.6. The summed E-state index contributed by atoms with van der Waals surface area (Å²) < 4.78 is 28.0. The number of carbonyl (C=O) groups excluding carboxylic acids is 1. The summed E-state index contributed by atoms with van der Waals surface area (Å²) in [6.07, 6.45) is -1.92. The van der Waals surface area contributed by atoms with Crippen molar-refractivity contribution in [2.75, 3.05) is 0 Å². The summed E-state index contributed by atoms with van der Waals surface area (Å²) >= 11 is 17.7. The van der Waals surface area contributed by atoms with Gasteiger partial charge in [0.05, 0.1) is 4.90 Å². The van der Waals surface area contributed by atoms with E-state index >= 15 is 0 Å². The quantitative estimate of drug-likeness (QED) is 0.410. The third-order valence-corrected chi connectivity index (χ3v) is 5.88. The molecule has 2 aromatic rings. The monoisotopic (exact) mass is 450 g/mol. The minimum Gasteiger partial charge on any atom is -0.375 e. The van der Waals surface area contributed by atoms with E-state index in [1.54, 1.807) is 44.2 Å². The predicted molar refractivity (Wildman–Crippen MR) is 105 cm³/mol. The predicted octanol–water partition coefficient (Wildman–Crippen LogP) is 3.83. The second-order valence-corrected chi connectivity index (χ2v) is 9.98. The molecule has 5 nitrogen and oxygen atoms in total. The van der Waals surface area contributed by atoms with Crippen molar-refractivity contribution in [2.24, 2.45) is 0 Å². The van der Waals surface area contributed by atoms with Crippen LogP contribution < -0.4 is 0 Å². The van der Waals surface area contributed by atoms with Crippen LogP contribution in [0, 0.1) is 13.8 Å². The van der Waals surface area contributed by atoms with Gasteiger partial charge in [0.15, 0.2) is 18.0 Å². The molecule has 0 fully saturated rings. The van der Waals surface area contributed by atoms with Gasteiger partial charge < -0.3 is 5.11 Å². The van der Waals surface area contributed by atoms with Crippen LogP contribution in [-0.4, -0.2) is 29.7 Å². The molecule has 0 spiro atoms. The smallest absolute Gasteiger partial charge is 0.297 e. The van der Waals surface area contributed by atoms with Crippen molar-refractivity contribution in [1.82, 2.24) is 0 Å². The maximum atomic E-state index is 12.7. The molecule has 0 bridgehead atoms. The Kier molecular flexibility index (Phi) is 6.62. The molecule has 9 heteroatoms. The zero-order chi connectivity index (χ0) is 20.5. The van der Waals surface area contributed by atoms with Gasteiger partial charge in [0, 0.05) is 0 Å². The second-order valence-electron chi connectivity index (χ2n) is 6.04. The maximum Gasteiger partial charge on any atom is 0.297 e. The van der Waals surface area contributed by atoms with E-state index in [1.165, 1.54) is 18.2 Å². The number of alkyl halides is 3. The molecule has 0 aromatic heterocycles. The molecule has 0 saturated carbocycles. The van der Waals surface area contributed by atoms with E-state index in [9.17, 15) is 18.3 Å². The summed E-state index contributed by atoms with van der Waals surface area (Å²) in [5.41, 5.74) is -1.14. The number of benzene rings is 2. The van der Waals surface area contributed by atoms with E-state index < -0.39 is 25.6 Å². The Morgan fingerprint density at radius 3 is 2.07 bits per heavy atom. The highest BCUT2D eigenvalue weighted by atomic mass is 35.6. The Morgan fingerprint density at radius 2 is 1.59 bits per heavy atom. The Hall–Kier alpha value is -1.15. The molecular weight excluding hydrogens is 435 g/mol. The van der Waals surface area contributed by atoms with Gasteiger partial charge >= 0.3 is 0 Å². The molecule has 0 amide bonds. The van der Waals surface area contributed by atoms with Crippen molar-refractivity contribution < 1.29 is 22.5 Å². The fourth-order valence-electron chi connectivity index (χ4n) is 2.55. The van der Waals surface area contributed by atoms with Crippen LogP contribution in [0.25, 0.3) is 0 Å². The van der Waals surface area contributed by atoms with Crippen molar-refractivity contribution in [1.29, 1.82) is 0 Å². The van der Waals surface area contributed by atoms with Crippen molar-refractivity contribution in [2.45, 2.75) is 34.2 Å². The fourth-order valence-corrected chi connectivity index (χ4v) is 4.47. The summed E-state index contributed by atoms with van der Waals surface area (Å²) in [7, 11) is -4.45. The van der Waals surface area contributed by atoms with Crippen molar-refractivity contribution in [3.05, 3.63) is 65.2 Å². The summed E-state index contributed by atoms with van der Waals surface area (Å²) in [6, 6.07) is 12.0. The van der Waals surface area contributed by atoms with Crippen molar-refractivity contribution >= 4 is 51.2 Å². The molecular formula is C18H17Cl3O5S. The van der Waals surface area contributed by atoms with Gasteiger partial charge in [-0.1, -0.05) is 76.8 Å². The number of rotatable bonds is 6. The number of aldehydes is 1. The number of carbonyl (C=O) groups is 1. The normalized spacial score (nSPS) is 15.8. The van der Waals surface area contributed by atoms with Crippen LogP contribution in [0.4, 0.5) is 0 Å². The van der Waals surface area contributed by atoms with Gasteiger partial charge in [-0.3, -0.25) is 8.98 Å². The number of halogens is 3. The van der Waals surface area contributed by atoms with Crippen LogP contribution in [0.15, 0.2) is 53.4 Å². The standard InChI is InChI=1S/C18H17Cl3O5S/c1-12-7-9-14(10-8-12)27(24,25)26-16(18(19,20)21)17(23,11-22)15-6-4-3-5-13(15)2/h3-11,16,23H,1-2H3. The molecule has 0 radical (unpaired) electrons. The molecule has 0 aliphatic carbocycles. The van der Waals surface area contributed by atoms with E-state index in [4.69, 9.17) is 39.0 Å². The third-order valence-electron chi connectivity index (χ3n) is 3.99. The number of aliphatic hydroxyl groups is 1. The van der Waals surface area contributed by atoms with Gasteiger partial charge in [0.1, 0.15) is 0 Å². The SMILES string of the molecule is Cc1ccc(S(=O)(=O)OC(C(Cl)(Cl)Cl)C(O)(C=O)c2ccccc2C)cc1. The highest BCUT2D eigenvalue weighted by Gasteiger charge is 2.53. The maximum absolute atomic E-state index is 12.7. The Bertz CT molecular complexity index is 923. The van der Waals surface area contributed by atoms with E-state index in [2.05, 4.69) is 0 Å². The van der Waals surface area contributed by atoms with Gasteiger partial charge in [-0.05, 0) is 37.1 Å². The highest BCUT2D eigenvalue weighted by molar-refractivity contribution is 7.86. The molecule has 2 rings (SSSR count). The van der Waals surface area contributed by atoms with Crippen LogP contribution >= 0.6 is 34.8 Å². The van der Waals surface area contributed by atoms with Gasteiger partial charge in [0.2, 0.25) is 3.79 Å². The first-order valence-electron chi connectivity index (χ1n) is 7.73. The largest absolute Gasteiger partial charge is 0.375 e. The molecule has 0 aliphatic rings. The first kappa shape index (κ1) is 22.1. The van der Waals surface area contributed by atoms with Crippen molar-refractivity contribution in [3.63, 3.8) is 0 Å². The average molecular weight is 452 g/mol. The minimum atomic E-state index is -4.45. The van der Waals surface area contributed by atoms with Crippen LogP contribution in [0.2, 0.25) is 0 Å². The Balaban J connectivity index is 2.57. The van der Waals surface area contributed by atoms with Crippen molar-refractivity contribution in [3.8, 4) is 0 Å². The van der Waals surface area contributed by atoms with Crippen LogP contribution in [0.3, 0.4) is 0 Å². The van der Waals surface area contributed by atoms with E-state index in [1.807, 2.05) is 0 Å². The summed E-state index contributed by atoms with van der Waals surface area (Å²) in [5, 5.41) is 11.0. The number of aryl methyl sites for hydroxylation is 2. The lowest BCUT2D eigenvalue weighted by molar-refractivity contribution is -0.135. The molecule has 27 heavy (non-hydrogen) atoms. The fraction of sp³-hybridized carbons (Fsp3) is 0.278. The molecule has 146 valence electrons. The first-order chi connectivity index (χ1) is 12.4. The molecule has 0 saturated heterocycles. The molecule has 2 unspecified atom stereocenters. The summed E-state index contributed by atoms with van der Waals surface area (Å²) in [6.45, 7) is 3.40. The topological polar surface area (TPSA) is 80.7 Å². The van der Waals surface area contributed by atoms with E-state index in [0.717, 1.165) is 5.56 Å². The Labute approximate surface area is 172 Å². The highest BCUT2D eigenvalue weighted by Crippen LogP contribution is 2.43. The van der Waals surface area contributed by atoms with Crippen LogP contribution in [0.5, 0.6) is 0 Å². The minimum absolute atomic E-state index is 0.0652. The van der Waals surface area contributed by atoms with Crippen LogP contribution in [-0.2, 0) is 24.7 Å². The lowest BCUT2D eigenvalue weighted by Crippen LogP contribution is -2.51.